The van der Waals surface area contributed by atoms with Crippen LogP contribution in [0.3, 0.4) is 0 Å². The van der Waals surface area contributed by atoms with Gasteiger partial charge in [0.1, 0.15) is 0 Å². The Kier molecular flexibility index (Phi) is 5.57. The number of aromatic nitrogens is 4. The predicted molar refractivity (Wildman–Crippen MR) is 120 cm³/mol. The molecule has 31 heavy (non-hydrogen) atoms. The fourth-order valence-corrected chi connectivity index (χ4v) is 5.68. The zero-order chi connectivity index (χ0) is 22.3. The second kappa shape index (κ2) is 8.05. The summed E-state index contributed by atoms with van der Waals surface area (Å²) in [4.78, 5) is 2.47. The van der Waals surface area contributed by atoms with Crippen molar-refractivity contribution in [1.82, 2.24) is 24.3 Å². The maximum Gasteiger partial charge on any atom is 0.243 e. The van der Waals surface area contributed by atoms with Gasteiger partial charge in [-0.2, -0.15) is 9.40 Å². The summed E-state index contributed by atoms with van der Waals surface area (Å²) in [6.07, 6.45) is 0. The third kappa shape index (κ3) is 4.07. The van der Waals surface area contributed by atoms with Crippen molar-refractivity contribution in [1.29, 1.82) is 0 Å². The summed E-state index contributed by atoms with van der Waals surface area (Å²) in [6.45, 7) is 11.7. The monoisotopic (exact) mass is 440 g/mol. The summed E-state index contributed by atoms with van der Waals surface area (Å²) in [5.41, 5.74) is 4.81. The van der Waals surface area contributed by atoms with Crippen LogP contribution >= 0.6 is 0 Å². The van der Waals surface area contributed by atoms with Crippen LogP contribution in [0.15, 0.2) is 35.2 Å². The second-order valence-corrected chi connectivity index (χ2v) is 10.1. The van der Waals surface area contributed by atoms with Gasteiger partial charge in [-0.3, -0.25) is 0 Å². The highest BCUT2D eigenvalue weighted by Crippen LogP contribution is 2.25. The maximum absolute atomic E-state index is 13.2. The molecule has 3 aromatic rings. The van der Waals surface area contributed by atoms with E-state index in [9.17, 15) is 8.42 Å². The largest absolute Gasteiger partial charge is 0.352 e. The van der Waals surface area contributed by atoms with Crippen LogP contribution in [0.5, 0.6) is 0 Å². The van der Waals surface area contributed by atoms with Crippen molar-refractivity contribution in [2.24, 2.45) is 0 Å². The van der Waals surface area contributed by atoms with Crippen molar-refractivity contribution in [3.05, 3.63) is 58.4 Å². The van der Waals surface area contributed by atoms with Crippen LogP contribution < -0.4 is 4.90 Å². The number of hydrogen-bond donors (Lipinski definition) is 0. The van der Waals surface area contributed by atoms with Gasteiger partial charge in [0.05, 0.1) is 10.6 Å². The van der Waals surface area contributed by atoms with Crippen molar-refractivity contribution < 1.29 is 8.42 Å². The van der Waals surface area contributed by atoms with Gasteiger partial charge in [0, 0.05) is 31.9 Å². The van der Waals surface area contributed by atoms with E-state index in [1.807, 2.05) is 58.9 Å². The van der Waals surface area contributed by atoms with E-state index in [2.05, 4.69) is 20.2 Å². The SMILES string of the molecule is Cc1cc(C)n(-c2ccc(N3CCN(S(=O)(=O)c4cc(C)c(C)cc4C)CC3)nn2)n1. The molecule has 1 saturated heterocycles. The van der Waals surface area contributed by atoms with Gasteiger partial charge in [0.15, 0.2) is 11.6 Å². The van der Waals surface area contributed by atoms with E-state index in [1.165, 1.54) is 0 Å². The third-order valence-corrected chi connectivity index (χ3v) is 7.88. The number of nitrogens with zero attached hydrogens (tertiary/aromatic N) is 6. The molecule has 4 rings (SSSR count). The minimum Gasteiger partial charge on any atom is -0.352 e. The molecule has 0 bridgehead atoms. The Bertz CT molecular complexity index is 1210. The van der Waals surface area contributed by atoms with Gasteiger partial charge in [-0.25, -0.2) is 13.1 Å². The predicted octanol–water partition coefficient (Wildman–Crippen LogP) is 2.72. The Morgan fingerprint density at radius 1 is 0.774 bits per heavy atom. The number of rotatable bonds is 4. The number of piperazine rings is 1. The number of benzene rings is 1. The zero-order valence-corrected chi connectivity index (χ0v) is 19.4. The molecule has 164 valence electrons. The lowest BCUT2D eigenvalue weighted by atomic mass is 10.1. The molecule has 0 spiro atoms. The first-order valence-corrected chi connectivity index (χ1v) is 11.8. The molecule has 3 heterocycles. The molecule has 0 amide bonds. The fourth-order valence-electron chi connectivity index (χ4n) is 3.97. The highest BCUT2D eigenvalue weighted by molar-refractivity contribution is 7.89. The summed E-state index contributed by atoms with van der Waals surface area (Å²) in [5.74, 6) is 1.41. The summed E-state index contributed by atoms with van der Waals surface area (Å²) in [7, 11) is -3.52. The number of sulfonamides is 1. The Hall–Kier alpha value is -2.78. The Morgan fingerprint density at radius 2 is 1.39 bits per heavy atom. The summed E-state index contributed by atoms with van der Waals surface area (Å²) >= 11 is 0. The van der Waals surface area contributed by atoms with E-state index in [-0.39, 0.29) is 0 Å². The van der Waals surface area contributed by atoms with Gasteiger partial charge in [0.2, 0.25) is 10.0 Å². The van der Waals surface area contributed by atoms with Gasteiger partial charge < -0.3 is 4.90 Å². The van der Waals surface area contributed by atoms with Crippen LogP contribution in [0.2, 0.25) is 0 Å². The van der Waals surface area contributed by atoms with E-state index in [0.29, 0.717) is 36.9 Å². The van der Waals surface area contributed by atoms with Crippen LogP contribution in [0.4, 0.5) is 5.82 Å². The average Bonchev–Trinajstić information content (AvgIpc) is 3.08. The Balaban J connectivity index is 1.47. The van der Waals surface area contributed by atoms with Crippen LogP contribution in [0.1, 0.15) is 28.1 Å². The van der Waals surface area contributed by atoms with Crippen LogP contribution in [-0.4, -0.2) is 58.9 Å². The minimum absolute atomic E-state index is 0.401. The highest BCUT2D eigenvalue weighted by atomic mass is 32.2. The molecule has 2 aromatic heterocycles. The molecule has 8 nitrogen and oxygen atoms in total. The lowest BCUT2D eigenvalue weighted by Crippen LogP contribution is -2.49. The van der Waals surface area contributed by atoms with E-state index in [1.54, 1.807) is 15.1 Å². The van der Waals surface area contributed by atoms with Gasteiger partial charge in [0.25, 0.3) is 0 Å². The van der Waals surface area contributed by atoms with Gasteiger partial charge in [-0.1, -0.05) is 6.07 Å². The van der Waals surface area contributed by atoms with E-state index in [0.717, 1.165) is 33.9 Å². The van der Waals surface area contributed by atoms with Gasteiger partial charge >= 0.3 is 0 Å². The smallest absolute Gasteiger partial charge is 0.243 e. The summed E-state index contributed by atoms with van der Waals surface area (Å²) in [6, 6.07) is 9.53. The zero-order valence-electron chi connectivity index (χ0n) is 18.6. The Morgan fingerprint density at radius 3 is 1.97 bits per heavy atom. The minimum atomic E-state index is -3.52. The molecule has 1 aliphatic rings. The van der Waals surface area contributed by atoms with Crippen molar-refractivity contribution in [2.75, 3.05) is 31.1 Å². The third-order valence-electron chi connectivity index (χ3n) is 5.83. The molecule has 0 radical (unpaired) electrons. The van der Waals surface area contributed by atoms with E-state index >= 15 is 0 Å². The first kappa shape index (κ1) is 21.5. The fraction of sp³-hybridized carbons (Fsp3) is 0.409. The number of hydrogen-bond acceptors (Lipinski definition) is 6. The molecule has 0 aliphatic carbocycles. The van der Waals surface area contributed by atoms with Crippen molar-refractivity contribution in [3.63, 3.8) is 0 Å². The van der Waals surface area contributed by atoms with Crippen molar-refractivity contribution in [3.8, 4) is 5.82 Å². The lowest BCUT2D eigenvalue weighted by Gasteiger charge is -2.34. The first-order valence-electron chi connectivity index (χ1n) is 10.4. The average molecular weight is 441 g/mol. The van der Waals surface area contributed by atoms with Crippen molar-refractivity contribution in [2.45, 2.75) is 39.5 Å². The molecule has 9 heteroatoms. The standard InChI is InChI=1S/C22H28N6O2S/c1-15-12-17(3)20(13-16(15)2)31(29,30)27-10-8-26(9-11-27)21-6-7-22(24-23-21)28-19(5)14-18(4)25-28/h6-7,12-14H,8-11H2,1-5H3. The second-order valence-electron chi connectivity index (χ2n) is 8.18. The normalized spacial score (nSPS) is 15.5. The lowest BCUT2D eigenvalue weighted by molar-refractivity contribution is 0.383. The van der Waals surface area contributed by atoms with Gasteiger partial charge in [-0.15, -0.1) is 10.2 Å². The number of anilines is 1. The van der Waals surface area contributed by atoms with Crippen LogP contribution in [-0.2, 0) is 10.0 Å². The molecule has 1 aromatic carbocycles. The molecule has 1 fully saturated rings. The molecular formula is C22H28N6O2S. The molecule has 0 atom stereocenters. The van der Waals surface area contributed by atoms with Gasteiger partial charge in [-0.05, 0) is 75.6 Å². The van der Waals surface area contributed by atoms with E-state index < -0.39 is 10.0 Å². The van der Waals surface area contributed by atoms with E-state index in [4.69, 9.17) is 0 Å². The number of aryl methyl sites for hydroxylation is 5. The topological polar surface area (TPSA) is 84.2 Å². The van der Waals surface area contributed by atoms with Crippen LogP contribution in [0, 0.1) is 34.6 Å². The summed E-state index contributed by atoms with van der Waals surface area (Å²) in [5, 5.41) is 13.1. The van der Waals surface area contributed by atoms with Crippen LogP contribution in [0.25, 0.3) is 5.82 Å². The highest BCUT2D eigenvalue weighted by Gasteiger charge is 2.30. The Labute approximate surface area is 183 Å². The molecular weight excluding hydrogens is 412 g/mol. The molecule has 0 saturated carbocycles. The van der Waals surface area contributed by atoms with Crippen molar-refractivity contribution >= 4 is 15.8 Å². The maximum atomic E-state index is 13.2. The molecule has 1 aliphatic heterocycles. The first-order chi connectivity index (χ1) is 14.7. The summed E-state index contributed by atoms with van der Waals surface area (Å²) < 4.78 is 29.8. The molecule has 0 unspecified atom stereocenters. The quantitative estimate of drug-likeness (QED) is 0.620. The molecule has 0 N–H and O–H groups in total.